The number of benzene rings is 1. The monoisotopic (exact) mass is 221 g/mol. The van der Waals surface area contributed by atoms with Crippen LogP contribution in [0.25, 0.3) is 0 Å². The second-order valence-electron chi connectivity index (χ2n) is 3.26. The van der Waals surface area contributed by atoms with Crippen LogP contribution in [0, 0.1) is 0 Å². The molecule has 1 aliphatic rings. The van der Waals surface area contributed by atoms with Crippen molar-refractivity contribution in [2.75, 3.05) is 0 Å². The predicted molar refractivity (Wildman–Crippen MR) is 48.3 cm³/mol. The second-order valence-corrected chi connectivity index (χ2v) is 4.68. The Morgan fingerprint density at radius 3 is 2.43 bits per heavy atom. The van der Waals surface area contributed by atoms with Gasteiger partial charge in [0.05, 0.1) is 4.90 Å². The Bertz CT molecular complexity index is 439. The van der Waals surface area contributed by atoms with E-state index in [1.807, 2.05) is 0 Å². The normalized spacial score (nSPS) is 14.6. The Balaban J connectivity index is 0.000000980. The number of aryl methyl sites for hydroxylation is 2. The van der Waals surface area contributed by atoms with Gasteiger partial charge in [0.1, 0.15) is 0 Å². The van der Waals surface area contributed by atoms with Crippen molar-refractivity contribution in [3.05, 3.63) is 29.3 Å². The van der Waals surface area contributed by atoms with Crippen molar-refractivity contribution in [3.8, 4) is 0 Å². The molecular formula is C9H10NaO3S+. The summed E-state index contributed by atoms with van der Waals surface area (Å²) in [4.78, 5) is 0.00755. The van der Waals surface area contributed by atoms with Gasteiger partial charge in [0.15, 0.2) is 0 Å². The molecular weight excluding hydrogens is 211 g/mol. The van der Waals surface area contributed by atoms with Crippen LogP contribution in [0.4, 0.5) is 0 Å². The Labute approximate surface area is 106 Å². The van der Waals surface area contributed by atoms with Crippen LogP contribution in [0.2, 0.25) is 0 Å². The fourth-order valence-electron chi connectivity index (χ4n) is 1.71. The van der Waals surface area contributed by atoms with Crippen LogP contribution in [-0.4, -0.2) is 13.0 Å². The summed E-state index contributed by atoms with van der Waals surface area (Å²) in [5, 5.41) is 0. The van der Waals surface area contributed by atoms with Gasteiger partial charge >= 0.3 is 29.6 Å². The first-order valence-electron chi connectivity index (χ1n) is 4.17. The summed E-state index contributed by atoms with van der Waals surface area (Å²) >= 11 is 0. The average Bonchev–Trinajstić information content (AvgIpc) is 2.47. The van der Waals surface area contributed by atoms with Gasteiger partial charge in [-0.15, -0.1) is 0 Å². The minimum Gasteiger partial charge on any atom is -0.282 e. The van der Waals surface area contributed by atoms with Gasteiger partial charge in [-0.05, 0) is 42.5 Å². The van der Waals surface area contributed by atoms with Gasteiger partial charge in [-0.2, -0.15) is 8.42 Å². The maximum atomic E-state index is 10.8. The summed E-state index contributed by atoms with van der Waals surface area (Å²) in [6.45, 7) is 0. The number of fused-ring (bicyclic) bond motifs is 1. The molecule has 1 aliphatic carbocycles. The summed E-state index contributed by atoms with van der Waals surface area (Å²) in [7, 11) is -4.02. The van der Waals surface area contributed by atoms with Crippen LogP contribution < -0.4 is 29.6 Å². The first-order valence-corrected chi connectivity index (χ1v) is 5.61. The van der Waals surface area contributed by atoms with Crippen LogP contribution in [0.1, 0.15) is 17.5 Å². The zero-order valence-electron chi connectivity index (χ0n) is 8.03. The van der Waals surface area contributed by atoms with Crippen molar-refractivity contribution in [1.82, 2.24) is 0 Å². The van der Waals surface area contributed by atoms with Gasteiger partial charge in [0, 0.05) is 0 Å². The molecule has 0 saturated carbocycles. The standard InChI is InChI=1S/C9H10O3S.Na/c10-13(11,12)9-5-4-7-2-1-3-8(7)6-9;/h4-6H,1-3H2,(H,10,11,12);/q;+1. The van der Waals surface area contributed by atoms with E-state index in [-0.39, 0.29) is 34.5 Å². The van der Waals surface area contributed by atoms with E-state index in [2.05, 4.69) is 0 Å². The Morgan fingerprint density at radius 1 is 1.14 bits per heavy atom. The largest absolute Gasteiger partial charge is 1.00 e. The molecule has 5 heteroatoms. The van der Waals surface area contributed by atoms with Crippen LogP contribution in [0.3, 0.4) is 0 Å². The Hall–Kier alpha value is 0.130. The van der Waals surface area contributed by atoms with Gasteiger partial charge in [-0.25, -0.2) is 0 Å². The minimum absolute atomic E-state index is 0. The minimum atomic E-state index is -4.02. The molecule has 0 atom stereocenters. The first kappa shape index (κ1) is 12.2. The van der Waals surface area contributed by atoms with Gasteiger partial charge in [0.2, 0.25) is 0 Å². The predicted octanol–water partition coefficient (Wildman–Crippen LogP) is -1.57. The molecule has 0 saturated heterocycles. The third kappa shape index (κ3) is 2.38. The molecule has 14 heavy (non-hydrogen) atoms. The zero-order chi connectivity index (χ0) is 9.47. The van der Waals surface area contributed by atoms with Crippen molar-refractivity contribution in [2.45, 2.75) is 24.2 Å². The molecule has 0 radical (unpaired) electrons. The molecule has 0 heterocycles. The molecule has 1 aromatic carbocycles. The number of rotatable bonds is 1. The summed E-state index contributed by atoms with van der Waals surface area (Å²) in [5.41, 5.74) is 2.25. The molecule has 0 unspecified atom stereocenters. The third-order valence-corrected chi connectivity index (χ3v) is 3.22. The quantitative estimate of drug-likeness (QED) is 0.460. The summed E-state index contributed by atoms with van der Waals surface area (Å²) in [6.07, 6.45) is 3.00. The van der Waals surface area contributed by atoms with E-state index < -0.39 is 10.1 Å². The molecule has 1 N–H and O–H groups in total. The maximum Gasteiger partial charge on any atom is 1.00 e. The van der Waals surface area contributed by atoms with E-state index >= 15 is 0 Å². The van der Waals surface area contributed by atoms with Gasteiger partial charge < -0.3 is 0 Å². The molecule has 0 spiro atoms. The molecule has 0 bridgehead atoms. The van der Waals surface area contributed by atoms with Gasteiger partial charge in [-0.3, -0.25) is 4.55 Å². The SMILES string of the molecule is O=S(=O)(O)c1ccc2c(c1)CCC2.[Na+]. The van der Waals surface area contributed by atoms with Gasteiger partial charge in [0.25, 0.3) is 10.1 Å². The van der Waals surface area contributed by atoms with Crippen molar-refractivity contribution >= 4 is 10.1 Å². The molecule has 70 valence electrons. The van der Waals surface area contributed by atoms with Crippen LogP contribution in [0.15, 0.2) is 23.1 Å². The molecule has 1 aromatic rings. The van der Waals surface area contributed by atoms with Crippen molar-refractivity contribution in [2.24, 2.45) is 0 Å². The number of hydrogen-bond acceptors (Lipinski definition) is 2. The van der Waals surface area contributed by atoms with E-state index in [0.717, 1.165) is 24.8 Å². The topological polar surface area (TPSA) is 54.4 Å². The van der Waals surface area contributed by atoms with Crippen molar-refractivity contribution < 1.29 is 42.5 Å². The van der Waals surface area contributed by atoms with Crippen LogP contribution >= 0.6 is 0 Å². The fourth-order valence-corrected chi connectivity index (χ4v) is 2.24. The Morgan fingerprint density at radius 2 is 1.79 bits per heavy atom. The molecule has 0 aromatic heterocycles. The smallest absolute Gasteiger partial charge is 0.282 e. The first-order chi connectivity index (χ1) is 6.07. The summed E-state index contributed by atoms with van der Waals surface area (Å²) < 4.78 is 30.4. The molecule has 2 rings (SSSR count). The molecule has 0 aliphatic heterocycles. The fraction of sp³-hybridized carbons (Fsp3) is 0.333. The zero-order valence-corrected chi connectivity index (χ0v) is 10.8. The van der Waals surface area contributed by atoms with E-state index in [1.54, 1.807) is 12.1 Å². The maximum absolute atomic E-state index is 10.8. The molecule has 0 fully saturated rings. The Kier molecular flexibility index (Phi) is 3.77. The second kappa shape index (κ2) is 4.33. The molecule has 0 amide bonds. The van der Waals surface area contributed by atoms with E-state index in [9.17, 15) is 8.42 Å². The van der Waals surface area contributed by atoms with Crippen LogP contribution in [0.5, 0.6) is 0 Å². The number of hydrogen-bond donors (Lipinski definition) is 1. The van der Waals surface area contributed by atoms with Gasteiger partial charge in [-0.1, -0.05) is 6.07 Å². The van der Waals surface area contributed by atoms with Crippen molar-refractivity contribution in [1.29, 1.82) is 0 Å². The summed E-state index contributed by atoms with van der Waals surface area (Å²) in [6, 6.07) is 4.81. The average molecular weight is 221 g/mol. The third-order valence-electron chi connectivity index (χ3n) is 2.37. The van der Waals surface area contributed by atoms with E-state index in [4.69, 9.17) is 4.55 Å². The molecule has 3 nitrogen and oxygen atoms in total. The van der Waals surface area contributed by atoms with Crippen molar-refractivity contribution in [3.63, 3.8) is 0 Å². The van der Waals surface area contributed by atoms with Crippen LogP contribution in [-0.2, 0) is 23.0 Å². The van der Waals surface area contributed by atoms with E-state index in [1.165, 1.54) is 11.6 Å². The summed E-state index contributed by atoms with van der Waals surface area (Å²) in [5.74, 6) is 0. The van der Waals surface area contributed by atoms with E-state index in [0.29, 0.717) is 0 Å².